The Hall–Kier alpha value is -1.90. The molecule has 1 aromatic rings. The standard InChI is InChI=1S/C13H11BFNO2/c15-13(9-16)11(10-5-2-1-3-6-10)7-4-8-12(13)14(17)18/h1-8,12,17-18H. The van der Waals surface area contributed by atoms with Crippen LogP contribution < -0.4 is 0 Å². The minimum absolute atomic E-state index is 0.145. The van der Waals surface area contributed by atoms with Crippen molar-refractivity contribution in [1.29, 1.82) is 5.26 Å². The monoisotopic (exact) mass is 243 g/mol. The summed E-state index contributed by atoms with van der Waals surface area (Å²) in [5.41, 5.74) is -1.74. The van der Waals surface area contributed by atoms with Gasteiger partial charge in [0.25, 0.3) is 0 Å². The quantitative estimate of drug-likeness (QED) is 0.777. The van der Waals surface area contributed by atoms with Crippen LogP contribution in [0.25, 0.3) is 5.57 Å². The number of halogens is 1. The number of hydrogen-bond donors (Lipinski definition) is 2. The summed E-state index contributed by atoms with van der Waals surface area (Å²) in [6, 6.07) is 10.2. The molecule has 0 saturated heterocycles. The van der Waals surface area contributed by atoms with Crippen LogP contribution in [-0.2, 0) is 0 Å². The minimum Gasteiger partial charge on any atom is -0.427 e. The number of allylic oxidation sites excluding steroid dienone is 4. The van der Waals surface area contributed by atoms with Gasteiger partial charge in [-0.3, -0.25) is 0 Å². The van der Waals surface area contributed by atoms with Crippen LogP contribution in [0.3, 0.4) is 0 Å². The van der Waals surface area contributed by atoms with Gasteiger partial charge in [-0.15, -0.1) is 0 Å². The summed E-state index contributed by atoms with van der Waals surface area (Å²) in [6.45, 7) is 0. The summed E-state index contributed by atoms with van der Waals surface area (Å²) < 4.78 is 14.8. The molecule has 1 aromatic carbocycles. The van der Waals surface area contributed by atoms with E-state index in [9.17, 15) is 14.4 Å². The van der Waals surface area contributed by atoms with E-state index >= 15 is 0 Å². The molecule has 1 aliphatic rings. The molecule has 5 heteroatoms. The molecular weight excluding hydrogens is 232 g/mol. The van der Waals surface area contributed by atoms with Crippen molar-refractivity contribution in [2.75, 3.05) is 0 Å². The zero-order valence-electron chi connectivity index (χ0n) is 9.49. The lowest BCUT2D eigenvalue weighted by molar-refractivity contribution is 0.282. The van der Waals surface area contributed by atoms with Crippen LogP contribution in [0, 0.1) is 11.3 Å². The summed E-state index contributed by atoms with van der Waals surface area (Å²) in [7, 11) is -1.92. The van der Waals surface area contributed by atoms with Gasteiger partial charge in [0.2, 0.25) is 5.67 Å². The molecule has 90 valence electrons. The molecule has 0 amide bonds. The van der Waals surface area contributed by atoms with Crippen LogP contribution in [0.2, 0.25) is 5.82 Å². The van der Waals surface area contributed by atoms with Gasteiger partial charge < -0.3 is 10.0 Å². The van der Waals surface area contributed by atoms with E-state index in [2.05, 4.69) is 0 Å². The highest BCUT2D eigenvalue weighted by atomic mass is 19.1. The maximum absolute atomic E-state index is 14.8. The Balaban J connectivity index is 2.51. The molecule has 18 heavy (non-hydrogen) atoms. The van der Waals surface area contributed by atoms with E-state index in [4.69, 9.17) is 5.26 Å². The summed E-state index contributed by atoms with van der Waals surface area (Å²) in [5, 5.41) is 27.5. The van der Waals surface area contributed by atoms with E-state index in [1.807, 2.05) is 0 Å². The second-order valence-corrected chi connectivity index (χ2v) is 4.09. The Morgan fingerprint density at radius 3 is 2.50 bits per heavy atom. The minimum atomic E-state index is -2.44. The normalized spacial score (nSPS) is 26.3. The van der Waals surface area contributed by atoms with Crippen molar-refractivity contribution in [2.24, 2.45) is 0 Å². The molecule has 2 rings (SSSR count). The Morgan fingerprint density at radius 1 is 1.28 bits per heavy atom. The fraction of sp³-hybridized carbons (Fsp3) is 0.154. The Labute approximate surface area is 105 Å². The molecule has 0 heterocycles. The molecule has 0 saturated carbocycles. The van der Waals surface area contributed by atoms with Gasteiger partial charge in [-0.25, -0.2) is 4.39 Å². The summed E-state index contributed by atoms with van der Waals surface area (Å²) >= 11 is 0. The van der Waals surface area contributed by atoms with Gasteiger partial charge in [-0.2, -0.15) is 5.26 Å². The number of rotatable bonds is 2. The molecule has 0 radical (unpaired) electrons. The van der Waals surface area contributed by atoms with Crippen LogP contribution in [0.15, 0.2) is 48.6 Å². The van der Waals surface area contributed by atoms with Crippen molar-refractivity contribution in [3.8, 4) is 6.07 Å². The van der Waals surface area contributed by atoms with Crippen molar-refractivity contribution in [1.82, 2.24) is 0 Å². The highest BCUT2D eigenvalue weighted by molar-refractivity contribution is 6.45. The number of benzene rings is 1. The van der Waals surface area contributed by atoms with Crippen LogP contribution in [-0.4, -0.2) is 22.8 Å². The second-order valence-electron chi connectivity index (χ2n) is 4.09. The predicted molar refractivity (Wildman–Crippen MR) is 67.0 cm³/mol. The van der Waals surface area contributed by atoms with Gasteiger partial charge in [0.05, 0.1) is 5.82 Å². The third-order valence-electron chi connectivity index (χ3n) is 3.00. The Kier molecular flexibility index (Phi) is 3.33. The maximum atomic E-state index is 14.8. The largest absolute Gasteiger partial charge is 0.463 e. The first-order chi connectivity index (χ1) is 8.59. The average molecular weight is 243 g/mol. The molecule has 1 aliphatic carbocycles. The van der Waals surface area contributed by atoms with Crippen LogP contribution in [0.1, 0.15) is 5.56 Å². The van der Waals surface area contributed by atoms with Crippen LogP contribution in [0.4, 0.5) is 4.39 Å². The van der Waals surface area contributed by atoms with Gasteiger partial charge in [-0.1, -0.05) is 48.6 Å². The van der Waals surface area contributed by atoms with Crippen LogP contribution in [0.5, 0.6) is 0 Å². The lowest BCUT2D eigenvalue weighted by Gasteiger charge is -2.30. The highest BCUT2D eigenvalue weighted by Crippen LogP contribution is 2.44. The smallest absolute Gasteiger partial charge is 0.427 e. The molecule has 0 aliphatic heterocycles. The first kappa shape index (κ1) is 12.6. The average Bonchev–Trinajstić information content (AvgIpc) is 2.39. The van der Waals surface area contributed by atoms with Gasteiger partial charge >= 0.3 is 7.12 Å². The Morgan fingerprint density at radius 2 is 1.94 bits per heavy atom. The SMILES string of the molecule is N#CC1(F)C(c2ccccc2)=CC=CC1B(O)O. The molecule has 2 atom stereocenters. The van der Waals surface area contributed by atoms with Crippen molar-refractivity contribution >= 4 is 12.7 Å². The highest BCUT2D eigenvalue weighted by Gasteiger charge is 2.49. The summed E-state index contributed by atoms with van der Waals surface area (Å²) in [4.78, 5) is 0. The van der Waals surface area contributed by atoms with E-state index in [1.165, 1.54) is 18.2 Å². The van der Waals surface area contributed by atoms with E-state index in [0.29, 0.717) is 5.56 Å². The third kappa shape index (κ3) is 1.97. The second kappa shape index (κ2) is 4.77. The zero-order valence-corrected chi connectivity index (χ0v) is 9.49. The fourth-order valence-electron chi connectivity index (χ4n) is 2.07. The first-order valence-corrected chi connectivity index (χ1v) is 5.50. The van der Waals surface area contributed by atoms with E-state index in [-0.39, 0.29) is 5.57 Å². The number of nitrogens with zero attached hydrogens (tertiary/aromatic N) is 1. The molecule has 2 unspecified atom stereocenters. The van der Waals surface area contributed by atoms with Gasteiger partial charge in [0, 0.05) is 5.57 Å². The predicted octanol–water partition coefficient (Wildman–Crippen LogP) is 1.71. The maximum Gasteiger partial charge on any atom is 0.463 e. The number of alkyl halides is 1. The molecule has 2 N–H and O–H groups in total. The van der Waals surface area contributed by atoms with Gasteiger partial charge in [0.1, 0.15) is 6.07 Å². The van der Waals surface area contributed by atoms with Crippen molar-refractivity contribution in [3.63, 3.8) is 0 Å². The van der Waals surface area contributed by atoms with Crippen LogP contribution >= 0.6 is 0 Å². The summed E-state index contributed by atoms with van der Waals surface area (Å²) in [5.74, 6) is -1.29. The van der Waals surface area contributed by atoms with Crippen molar-refractivity contribution in [3.05, 3.63) is 54.1 Å². The molecular formula is C13H11BFNO2. The fourth-order valence-corrected chi connectivity index (χ4v) is 2.07. The van der Waals surface area contributed by atoms with Crippen molar-refractivity contribution < 1.29 is 14.4 Å². The topological polar surface area (TPSA) is 64.2 Å². The number of nitriles is 1. The molecule has 0 aromatic heterocycles. The third-order valence-corrected chi connectivity index (χ3v) is 3.00. The zero-order chi connectivity index (χ0) is 13.2. The van der Waals surface area contributed by atoms with E-state index < -0.39 is 18.6 Å². The Bertz CT molecular complexity index is 536. The van der Waals surface area contributed by atoms with Gasteiger partial charge in [0.15, 0.2) is 0 Å². The lowest BCUT2D eigenvalue weighted by atomic mass is 9.60. The molecule has 0 bridgehead atoms. The van der Waals surface area contributed by atoms with E-state index in [0.717, 1.165) is 0 Å². The molecule has 0 fully saturated rings. The summed E-state index contributed by atoms with van der Waals surface area (Å²) in [6.07, 6.45) is 4.30. The lowest BCUT2D eigenvalue weighted by Crippen LogP contribution is -2.39. The molecule has 0 spiro atoms. The van der Waals surface area contributed by atoms with Gasteiger partial charge in [-0.05, 0) is 5.56 Å². The first-order valence-electron chi connectivity index (χ1n) is 5.50. The molecule has 3 nitrogen and oxygen atoms in total. The number of hydrogen-bond acceptors (Lipinski definition) is 3. The van der Waals surface area contributed by atoms with Crippen molar-refractivity contribution in [2.45, 2.75) is 11.5 Å². The van der Waals surface area contributed by atoms with E-state index in [1.54, 1.807) is 36.4 Å².